The average molecular weight is 242 g/mol. The molecule has 0 N–H and O–H groups in total. The summed E-state index contributed by atoms with van der Waals surface area (Å²) in [7, 11) is 0. The zero-order valence-electron chi connectivity index (χ0n) is 8.04. The maximum atomic E-state index is 5.42. The van der Waals surface area contributed by atoms with E-state index < -0.39 is 6.72 Å². The third-order valence-corrected chi connectivity index (χ3v) is 3.36. The molecule has 0 aliphatic rings. The highest BCUT2D eigenvalue weighted by Crippen LogP contribution is 2.50. The number of rotatable bonds is 6. The summed E-state index contributed by atoms with van der Waals surface area (Å²) in [5.41, 5.74) is 0. The van der Waals surface area contributed by atoms with Crippen LogP contribution in [0.5, 0.6) is 5.75 Å². The van der Waals surface area contributed by atoms with Gasteiger partial charge < -0.3 is 13.6 Å². The molecule has 0 radical (unpaired) electrons. The van der Waals surface area contributed by atoms with Crippen molar-refractivity contribution in [2.45, 2.75) is 0 Å². The summed E-state index contributed by atoms with van der Waals surface area (Å²) in [6.07, 6.45) is 2.40. The Morgan fingerprint density at radius 2 is 1.60 bits per heavy atom. The highest BCUT2D eigenvalue weighted by atomic mass is 32.5. The number of benzene rings is 1. The lowest BCUT2D eigenvalue weighted by atomic mass is 10.3. The van der Waals surface area contributed by atoms with E-state index in [1.54, 1.807) is 12.1 Å². The maximum Gasteiger partial charge on any atom is 0.489 e. The summed E-state index contributed by atoms with van der Waals surface area (Å²) in [5.74, 6) is 0.588. The first-order chi connectivity index (χ1) is 7.20. The van der Waals surface area contributed by atoms with Crippen LogP contribution in [0.4, 0.5) is 0 Å². The molecule has 15 heavy (non-hydrogen) atoms. The predicted octanol–water partition coefficient (Wildman–Crippen LogP) is 3.61. The molecule has 0 unspecified atom stereocenters. The minimum absolute atomic E-state index is 0.588. The van der Waals surface area contributed by atoms with Crippen LogP contribution in [0.25, 0.3) is 0 Å². The van der Waals surface area contributed by atoms with E-state index in [1.807, 2.05) is 18.2 Å². The van der Waals surface area contributed by atoms with Crippen molar-refractivity contribution in [3.05, 3.63) is 56.0 Å². The largest absolute Gasteiger partial charge is 0.489 e. The molecular formula is C10H11O3PS. The summed E-state index contributed by atoms with van der Waals surface area (Å²) >= 11 is 5.08. The van der Waals surface area contributed by atoms with Gasteiger partial charge in [0, 0.05) is 11.8 Å². The molecule has 5 heteroatoms. The van der Waals surface area contributed by atoms with Crippen LogP contribution < -0.4 is 4.52 Å². The summed E-state index contributed by atoms with van der Waals surface area (Å²) in [4.78, 5) is 0. The third kappa shape index (κ3) is 3.78. The molecule has 0 heterocycles. The molecule has 1 aromatic rings. The van der Waals surface area contributed by atoms with Gasteiger partial charge in [-0.2, -0.15) is 0 Å². The fraction of sp³-hybridized carbons (Fsp3) is 0. The summed E-state index contributed by atoms with van der Waals surface area (Å²) in [6.45, 7) is 3.98. The van der Waals surface area contributed by atoms with Crippen molar-refractivity contribution in [3.63, 3.8) is 0 Å². The zero-order chi connectivity index (χ0) is 11.1. The zero-order valence-corrected chi connectivity index (χ0v) is 9.75. The van der Waals surface area contributed by atoms with Gasteiger partial charge in [-0.25, -0.2) is 0 Å². The molecule has 0 saturated heterocycles. The highest BCUT2D eigenvalue weighted by molar-refractivity contribution is 8.07. The van der Waals surface area contributed by atoms with Gasteiger partial charge in [0.05, 0.1) is 12.5 Å². The second-order valence-corrected chi connectivity index (χ2v) is 5.24. The van der Waals surface area contributed by atoms with E-state index in [9.17, 15) is 0 Å². The van der Waals surface area contributed by atoms with Gasteiger partial charge >= 0.3 is 6.72 Å². The molecule has 0 amide bonds. The Kier molecular flexibility index (Phi) is 4.40. The fourth-order valence-electron chi connectivity index (χ4n) is 0.861. The van der Waals surface area contributed by atoms with Crippen LogP contribution in [0, 0.1) is 0 Å². The standard InChI is InChI=1S/C10H11O3PS/c1-3-11-14(15,12-4-2)13-10-8-6-5-7-9-10/h3-9H,1-2H2. The van der Waals surface area contributed by atoms with Gasteiger partial charge in [0.1, 0.15) is 5.75 Å². The molecule has 1 rings (SSSR count). The molecule has 0 atom stereocenters. The Hall–Kier alpha value is -1.25. The van der Waals surface area contributed by atoms with Crippen LogP contribution in [0.2, 0.25) is 0 Å². The molecule has 0 bridgehead atoms. The molecule has 3 nitrogen and oxygen atoms in total. The first kappa shape index (κ1) is 11.8. The molecule has 1 aromatic carbocycles. The van der Waals surface area contributed by atoms with Crippen LogP contribution in [0.3, 0.4) is 0 Å². The van der Waals surface area contributed by atoms with Crippen molar-refractivity contribution in [2.24, 2.45) is 0 Å². The smallest absolute Gasteiger partial charge is 0.416 e. The minimum atomic E-state index is -2.84. The molecule has 0 spiro atoms. The monoisotopic (exact) mass is 242 g/mol. The van der Waals surface area contributed by atoms with Crippen LogP contribution in [-0.2, 0) is 20.9 Å². The van der Waals surface area contributed by atoms with Crippen molar-refractivity contribution in [3.8, 4) is 5.75 Å². The average Bonchev–Trinajstić information content (AvgIpc) is 2.19. The Labute approximate surface area is 94.2 Å². The summed E-state index contributed by atoms with van der Waals surface area (Å²) < 4.78 is 15.5. The molecule has 0 aromatic heterocycles. The van der Waals surface area contributed by atoms with Gasteiger partial charge in [0.15, 0.2) is 0 Å². The minimum Gasteiger partial charge on any atom is -0.416 e. The van der Waals surface area contributed by atoms with Crippen molar-refractivity contribution in [1.82, 2.24) is 0 Å². The SMILES string of the molecule is C=COP(=S)(OC=C)Oc1ccccc1. The molecule has 0 saturated carbocycles. The quantitative estimate of drug-likeness (QED) is 0.562. The number of hydrogen-bond acceptors (Lipinski definition) is 4. The normalized spacial score (nSPS) is 10.1. The number of hydrogen-bond donors (Lipinski definition) is 0. The van der Waals surface area contributed by atoms with Crippen molar-refractivity contribution in [2.75, 3.05) is 0 Å². The lowest BCUT2D eigenvalue weighted by Gasteiger charge is -2.18. The Bertz CT molecular complexity index is 364. The van der Waals surface area contributed by atoms with E-state index in [0.29, 0.717) is 5.75 Å². The van der Waals surface area contributed by atoms with E-state index >= 15 is 0 Å². The van der Waals surface area contributed by atoms with Crippen molar-refractivity contribution >= 4 is 18.5 Å². The van der Waals surface area contributed by atoms with Crippen molar-refractivity contribution in [1.29, 1.82) is 0 Å². The molecule has 80 valence electrons. The van der Waals surface area contributed by atoms with Crippen LogP contribution in [-0.4, -0.2) is 0 Å². The van der Waals surface area contributed by atoms with E-state index in [2.05, 4.69) is 13.2 Å². The molecule has 0 fully saturated rings. The maximum absolute atomic E-state index is 5.42. The lowest BCUT2D eigenvalue weighted by Crippen LogP contribution is -1.95. The predicted molar refractivity (Wildman–Crippen MR) is 63.9 cm³/mol. The van der Waals surface area contributed by atoms with E-state index in [1.165, 1.54) is 12.5 Å². The van der Waals surface area contributed by atoms with E-state index in [-0.39, 0.29) is 0 Å². The van der Waals surface area contributed by atoms with E-state index in [0.717, 1.165) is 0 Å². The second-order valence-electron chi connectivity index (χ2n) is 2.40. The van der Waals surface area contributed by atoms with Gasteiger partial charge in [-0.05, 0) is 12.1 Å². The van der Waals surface area contributed by atoms with Crippen LogP contribution in [0.15, 0.2) is 56.0 Å². The fourth-order valence-corrected chi connectivity index (χ4v) is 2.37. The first-order valence-corrected chi connectivity index (χ1v) is 6.69. The Morgan fingerprint density at radius 3 is 2.07 bits per heavy atom. The third-order valence-electron chi connectivity index (χ3n) is 1.37. The van der Waals surface area contributed by atoms with Crippen LogP contribution >= 0.6 is 6.72 Å². The molecular weight excluding hydrogens is 231 g/mol. The Balaban J connectivity index is 2.79. The molecule has 0 aliphatic heterocycles. The van der Waals surface area contributed by atoms with Gasteiger partial charge in [0.2, 0.25) is 0 Å². The second kappa shape index (κ2) is 5.59. The van der Waals surface area contributed by atoms with Gasteiger partial charge in [-0.3, -0.25) is 0 Å². The topological polar surface area (TPSA) is 27.7 Å². The summed E-state index contributed by atoms with van der Waals surface area (Å²) in [6, 6.07) is 9.06. The lowest BCUT2D eigenvalue weighted by molar-refractivity contribution is 0.325. The van der Waals surface area contributed by atoms with Crippen LogP contribution in [0.1, 0.15) is 0 Å². The summed E-state index contributed by atoms with van der Waals surface area (Å²) in [5, 5.41) is 0. The highest BCUT2D eigenvalue weighted by Gasteiger charge is 2.21. The van der Waals surface area contributed by atoms with E-state index in [4.69, 9.17) is 25.4 Å². The van der Waals surface area contributed by atoms with Gasteiger partial charge in [0.25, 0.3) is 0 Å². The van der Waals surface area contributed by atoms with Crippen molar-refractivity contribution < 1.29 is 13.6 Å². The number of para-hydroxylation sites is 1. The van der Waals surface area contributed by atoms with Gasteiger partial charge in [-0.1, -0.05) is 31.4 Å². The first-order valence-electron chi connectivity index (χ1n) is 4.13. The molecule has 0 aliphatic carbocycles. The van der Waals surface area contributed by atoms with Gasteiger partial charge in [-0.15, -0.1) is 0 Å². The Morgan fingerprint density at radius 1 is 1.07 bits per heavy atom.